The smallest absolute Gasteiger partial charge is 0.134 e. The SMILES string of the molecule is CCN(CC)CCCOc1ccsc1CN. The van der Waals surface area contributed by atoms with E-state index in [1.54, 1.807) is 11.3 Å². The molecule has 0 radical (unpaired) electrons. The third-order valence-corrected chi connectivity index (χ3v) is 3.59. The summed E-state index contributed by atoms with van der Waals surface area (Å²) in [7, 11) is 0. The fourth-order valence-corrected chi connectivity index (χ4v) is 2.31. The molecule has 0 amide bonds. The fraction of sp³-hybridized carbons (Fsp3) is 0.667. The van der Waals surface area contributed by atoms with Crippen molar-refractivity contribution in [2.75, 3.05) is 26.2 Å². The highest BCUT2D eigenvalue weighted by atomic mass is 32.1. The molecule has 0 aliphatic heterocycles. The molecule has 0 atom stereocenters. The quantitative estimate of drug-likeness (QED) is 0.711. The molecule has 0 saturated heterocycles. The maximum atomic E-state index is 5.71. The van der Waals surface area contributed by atoms with Crippen LogP contribution in [0.5, 0.6) is 5.75 Å². The molecule has 1 aromatic rings. The molecule has 16 heavy (non-hydrogen) atoms. The maximum Gasteiger partial charge on any atom is 0.134 e. The van der Waals surface area contributed by atoms with Crippen molar-refractivity contribution in [3.05, 3.63) is 16.3 Å². The Labute approximate surface area is 102 Å². The lowest BCUT2D eigenvalue weighted by atomic mass is 10.4. The number of nitrogens with two attached hydrogens (primary N) is 1. The summed E-state index contributed by atoms with van der Waals surface area (Å²) in [4.78, 5) is 3.55. The van der Waals surface area contributed by atoms with E-state index >= 15 is 0 Å². The predicted octanol–water partition coefficient (Wildman–Crippen LogP) is 2.32. The average Bonchev–Trinajstić information content (AvgIpc) is 2.77. The van der Waals surface area contributed by atoms with Gasteiger partial charge >= 0.3 is 0 Å². The third-order valence-electron chi connectivity index (χ3n) is 2.66. The zero-order valence-corrected chi connectivity index (χ0v) is 11.1. The lowest BCUT2D eigenvalue weighted by Gasteiger charge is -2.17. The summed E-state index contributed by atoms with van der Waals surface area (Å²) in [5.41, 5.74) is 5.61. The van der Waals surface area contributed by atoms with Crippen LogP contribution in [0.1, 0.15) is 25.1 Å². The van der Waals surface area contributed by atoms with Gasteiger partial charge in [0.2, 0.25) is 0 Å². The van der Waals surface area contributed by atoms with Crippen molar-refractivity contribution in [2.24, 2.45) is 5.73 Å². The molecule has 0 fully saturated rings. The van der Waals surface area contributed by atoms with Crippen molar-refractivity contribution in [1.29, 1.82) is 0 Å². The third kappa shape index (κ3) is 4.12. The van der Waals surface area contributed by atoms with Gasteiger partial charge in [0.15, 0.2) is 0 Å². The van der Waals surface area contributed by atoms with Crippen LogP contribution < -0.4 is 10.5 Å². The fourth-order valence-electron chi connectivity index (χ4n) is 1.62. The molecular weight excluding hydrogens is 220 g/mol. The van der Waals surface area contributed by atoms with Crippen LogP contribution in [0.3, 0.4) is 0 Å². The summed E-state index contributed by atoms with van der Waals surface area (Å²) in [6.07, 6.45) is 1.07. The Bertz CT molecular complexity index is 284. The summed E-state index contributed by atoms with van der Waals surface area (Å²) in [5, 5.41) is 2.03. The average molecular weight is 242 g/mol. The molecule has 0 bridgehead atoms. The topological polar surface area (TPSA) is 38.5 Å². The van der Waals surface area contributed by atoms with Crippen molar-refractivity contribution in [1.82, 2.24) is 4.90 Å². The number of rotatable bonds is 8. The first-order valence-corrected chi connectivity index (χ1v) is 6.81. The normalized spacial score (nSPS) is 11.0. The van der Waals surface area contributed by atoms with Gasteiger partial charge in [-0.05, 0) is 31.0 Å². The summed E-state index contributed by atoms with van der Waals surface area (Å²) in [5.74, 6) is 0.965. The van der Waals surface area contributed by atoms with Gasteiger partial charge in [0.1, 0.15) is 5.75 Å². The number of thiophene rings is 1. The van der Waals surface area contributed by atoms with E-state index in [1.165, 1.54) is 0 Å². The van der Waals surface area contributed by atoms with Crippen molar-refractivity contribution < 1.29 is 4.74 Å². The number of nitrogens with zero attached hydrogens (tertiary/aromatic N) is 1. The van der Waals surface area contributed by atoms with E-state index < -0.39 is 0 Å². The van der Waals surface area contributed by atoms with E-state index in [2.05, 4.69) is 18.7 Å². The van der Waals surface area contributed by atoms with Crippen molar-refractivity contribution in [3.8, 4) is 5.75 Å². The van der Waals surface area contributed by atoms with Crippen LogP contribution in [0.4, 0.5) is 0 Å². The molecule has 0 aliphatic carbocycles. The lowest BCUT2D eigenvalue weighted by molar-refractivity contribution is 0.248. The summed E-state index contributed by atoms with van der Waals surface area (Å²) in [6, 6.07) is 2.00. The van der Waals surface area contributed by atoms with Crippen molar-refractivity contribution in [3.63, 3.8) is 0 Å². The largest absolute Gasteiger partial charge is 0.492 e. The van der Waals surface area contributed by atoms with Crippen molar-refractivity contribution in [2.45, 2.75) is 26.8 Å². The molecule has 2 N–H and O–H groups in total. The van der Waals surface area contributed by atoms with Crippen molar-refractivity contribution >= 4 is 11.3 Å². The van der Waals surface area contributed by atoms with Crippen LogP contribution in [0, 0.1) is 0 Å². The highest BCUT2D eigenvalue weighted by Crippen LogP contribution is 2.23. The highest BCUT2D eigenvalue weighted by molar-refractivity contribution is 7.10. The Morgan fingerprint density at radius 1 is 1.38 bits per heavy atom. The number of ether oxygens (including phenoxy) is 1. The molecule has 4 heteroatoms. The Hall–Kier alpha value is -0.580. The maximum absolute atomic E-state index is 5.71. The van der Waals surface area contributed by atoms with Crippen LogP contribution in [-0.4, -0.2) is 31.1 Å². The van der Waals surface area contributed by atoms with Crippen LogP contribution in [0.2, 0.25) is 0 Å². The van der Waals surface area contributed by atoms with Gasteiger partial charge in [-0.15, -0.1) is 11.3 Å². The minimum atomic E-state index is 0.572. The zero-order chi connectivity index (χ0) is 11.8. The summed E-state index contributed by atoms with van der Waals surface area (Å²) < 4.78 is 5.71. The van der Waals surface area contributed by atoms with Crippen LogP contribution >= 0.6 is 11.3 Å². The lowest BCUT2D eigenvalue weighted by Crippen LogP contribution is -2.25. The minimum absolute atomic E-state index is 0.572. The molecule has 3 nitrogen and oxygen atoms in total. The predicted molar refractivity (Wildman–Crippen MR) is 70.1 cm³/mol. The van der Waals surface area contributed by atoms with Crippen LogP contribution in [-0.2, 0) is 6.54 Å². The molecule has 1 heterocycles. The van der Waals surface area contributed by atoms with E-state index in [-0.39, 0.29) is 0 Å². The monoisotopic (exact) mass is 242 g/mol. The molecule has 92 valence electrons. The van der Waals surface area contributed by atoms with E-state index in [1.807, 2.05) is 11.4 Å². The first kappa shape index (κ1) is 13.5. The zero-order valence-electron chi connectivity index (χ0n) is 10.2. The van der Waals surface area contributed by atoms with Crippen LogP contribution in [0.25, 0.3) is 0 Å². The molecule has 0 aromatic carbocycles. The molecule has 0 unspecified atom stereocenters. The van der Waals surface area contributed by atoms with Gasteiger partial charge in [-0.25, -0.2) is 0 Å². The second-order valence-corrected chi connectivity index (χ2v) is 4.64. The molecule has 0 saturated carbocycles. The Balaban J connectivity index is 2.20. The second kappa shape index (κ2) is 7.65. The molecule has 0 spiro atoms. The molecule has 0 aliphatic rings. The highest BCUT2D eigenvalue weighted by Gasteiger charge is 2.03. The van der Waals surface area contributed by atoms with Gasteiger partial charge in [-0.1, -0.05) is 13.8 Å². The summed E-state index contributed by atoms with van der Waals surface area (Å²) in [6.45, 7) is 9.07. The van der Waals surface area contributed by atoms with Crippen LogP contribution in [0.15, 0.2) is 11.4 Å². The van der Waals surface area contributed by atoms with Gasteiger partial charge in [-0.2, -0.15) is 0 Å². The Morgan fingerprint density at radius 3 is 2.75 bits per heavy atom. The standard InChI is InChI=1S/C12H22N2OS/c1-3-14(4-2)7-5-8-15-11-6-9-16-12(11)10-13/h6,9H,3-5,7-8,10,13H2,1-2H3. The molecule has 1 aromatic heterocycles. The summed E-state index contributed by atoms with van der Waals surface area (Å²) >= 11 is 1.66. The first-order chi connectivity index (χ1) is 7.81. The van der Waals surface area contributed by atoms with E-state index in [4.69, 9.17) is 10.5 Å². The van der Waals surface area contributed by atoms with Gasteiger partial charge in [0.05, 0.1) is 11.5 Å². The Kier molecular flexibility index (Phi) is 6.45. The Morgan fingerprint density at radius 2 is 2.12 bits per heavy atom. The molecular formula is C12H22N2OS. The van der Waals surface area contributed by atoms with Gasteiger partial charge in [0, 0.05) is 13.1 Å². The number of hydrogen-bond acceptors (Lipinski definition) is 4. The van der Waals surface area contributed by atoms with E-state index in [0.717, 1.165) is 43.3 Å². The van der Waals surface area contributed by atoms with E-state index in [0.29, 0.717) is 6.54 Å². The van der Waals surface area contributed by atoms with Gasteiger partial charge in [0.25, 0.3) is 0 Å². The first-order valence-electron chi connectivity index (χ1n) is 5.93. The second-order valence-electron chi connectivity index (χ2n) is 3.64. The van der Waals surface area contributed by atoms with Gasteiger partial charge < -0.3 is 15.4 Å². The minimum Gasteiger partial charge on any atom is -0.492 e. The van der Waals surface area contributed by atoms with E-state index in [9.17, 15) is 0 Å². The molecule has 1 rings (SSSR count). The number of hydrogen-bond donors (Lipinski definition) is 1. The van der Waals surface area contributed by atoms with Gasteiger partial charge in [-0.3, -0.25) is 0 Å².